The zero-order chi connectivity index (χ0) is 19.3. The quantitative estimate of drug-likeness (QED) is 0.746. The lowest BCUT2D eigenvalue weighted by Gasteiger charge is -2.19. The maximum Gasteiger partial charge on any atom is 0.387 e. The van der Waals surface area contributed by atoms with Gasteiger partial charge in [-0.25, -0.2) is 4.39 Å². The van der Waals surface area contributed by atoms with Crippen molar-refractivity contribution in [2.45, 2.75) is 13.2 Å². The average molecular weight is 369 g/mol. The highest BCUT2D eigenvalue weighted by molar-refractivity contribution is 5.94. The molecule has 0 aliphatic heterocycles. The maximum absolute atomic E-state index is 13.8. The summed E-state index contributed by atoms with van der Waals surface area (Å²) < 4.78 is 52.6. The molecule has 2 aromatic rings. The van der Waals surface area contributed by atoms with E-state index in [1.807, 2.05) is 0 Å². The van der Waals surface area contributed by atoms with Crippen LogP contribution in [-0.2, 0) is 6.54 Å². The minimum absolute atomic E-state index is 0.0139. The van der Waals surface area contributed by atoms with Crippen molar-refractivity contribution >= 4 is 5.91 Å². The molecule has 0 bridgehead atoms. The summed E-state index contributed by atoms with van der Waals surface area (Å²) in [5, 5.41) is 0. The summed E-state index contributed by atoms with van der Waals surface area (Å²) in [6.45, 7) is -2.85. The van der Waals surface area contributed by atoms with E-state index in [1.54, 1.807) is 13.1 Å². The summed E-state index contributed by atoms with van der Waals surface area (Å²) in [7, 11) is 4.19. The summed E-state index contributed by atoms with van der Waals surface area (Å²) in [6.07, 6.45) is 0. The second-order valence-corrected chi connectivity index (χ2v) is 5.37. The molecule has 140 valence electrons. The topological polar surface area (TPSA) is 48.0 Å². The third-order valence-corrected chi connectivity index (χ3v) is 3.61. The number of halogens is 3. The van der Waals surface area contributed by atoms with Gasteiger partial charge in [0.15, 0.2) is 23.1 Å². The first kappa shape index (κ1) is 19.4. The van der Waals surface area contributed by atoms with Gasteiger partial charge >= 0.3 is 6.61 Å². The molecule has 0 aliphatic rings. The number of amides is 1. The van der Waals surface area contributed by atoms with Crippen molar-refractivity contribution in [3.63, 3.8) is 0 Å². The van der Waals surface area contributed by atoms with Crippen LogP contribution in [0.2, 0.25) is 0 Å². The van der Waals surface area contributed by atoms with E-state index in [0.717, 1.165) is 0 Å². The molecule has 26 heavy (non-hydrogen) atoms. The first-order valence-electron chi connectivity index (χ1n) is 7.56. The monoisotopic (exact) mass is 369 g/mol. The molecule has 0 heterocycles. The zero-order valence-electron chi connectivity index (χ0n) is 14.5. The Kier molecular flexibility index (Phi) is 6.32. The molecule has 0 spiro atoms. The molecule has 8 heteroatoms. The molecule has 1 amide bonds. The Morgan fingerprint density at radius 3 is 2.27 bits per heavy atom. The van der Waals surface area contributed by atoms with Crippen molar-refractivity contribution in [2.24, 2.45) is 0 Å². The second-order valence-electron chi connectivity index (χ2n) is 5.37. The summed E-state index contributed by atoms with van der Waals surface area (Å²) in [6, 6.07) is 8.30. The van der Waals surface area contributed by atoms with Gasteiger partial charge in [0.25, 0.3) is 5.91 Å². The van der Waals surface area contributed by atoms with E-state index >= 15 is 0 Å². The van der Waals surface area contributed by atoms with Crippen LogP contribution in [0, 0.1) is 5.82 Å². The highest BCUT2D eigenvalue weighted by Crippen LogP contribution is 2.30. The molecule has 5 nitrogen and oxygen atoms in total. The van der Waals surface area contributed by atoms with Gasteiger partial charge in [0, 0.05) is 19.2 Å². The molecule has 0 saturated carbocycles. The fraction of sp³-hybridized carbons (Fsp3) is 0.278. The van der Waals surface area contributed by atoms with E-state index in [9.17, 15) is 18.0 Å². The van der Waals surface area contributed by atoms with Crippen LogP contribution in [0.15, 0.2) is 36.4 Å². The number of nitrogens with zero attached hydrogens (tertiary/aromatic N) is 1. The van der Waals surface area contributed by atoms with Gasteiger partial charge in [0.1, 0.15) is 0 Å². The molecule has 0 fully saturated rings. The number of rotatable bonds is 7. The molecule has 0 unspecified atom stereocenters. The maximum atomic E-state index is 13.8. The van der Waals surface area contributed by atoms with Gasteiger partial charge in [0.05, 0.1) is 14.2 Å². The fourth-order valence-electron chi connectivity index (χ4n) is 2.37. The Morgan fingerprint density at radius 1 is 1.04 bits per heavy atom. The Morgan fingerprint density at radius 2 is 1.69 bits per heavy atom. The van der Waals surface area contributed by atoms with E-state index in [-0.39, 0.29) is 35.3 Å². The zero-order valence-corrected chi connectivity index (χ0v) is 14.5. The number of alkyl halides is 2. The van der Waals surface area contributed by atoms with Crippen LogP contribution >= 0.6 is 0 Å². The van der Waals surface area contributed by atoms with Gasteiger partial charge < -0.3 is 19.1 Å². The molecule has 0 radical (unpaired) electrons. The Hall–Kier alpha value is -2.90. The van der Waals surface area contributed by atoms with Crippen LogP contribution in [0.5, 0.6) is 17.2 Å². The summed E-state index contributed by atoms with van der Waals surface area (Å²) in [5.41, 5.74) is 0.795. The smallest absolute Gasteiger partial charge is 0.387 e. The van der Waals surface area contributed by atoms with Gasteiger partial charge in [-0.2, -0.15) is 8.78 Å². The lowest BCUT2D eigenvalue weighted by molar-refractivity contribution is -0.0512. The van der Waals surface area contributed by atoms with E-state index in [0.29, 0.717) is 5.56 Å². The predicted octanol–water partition coefficient (Wildman–Crippen LogP) is 3.72. The van der Waals surface area contributed by atoms with Crippen molar-refractivity contribution in [1.82, 2.24) is 4.90 Å². The minimum atomic E-state index is -3.00. The molecule has 0 N–H and O–H groups in total. The summed E-state index contributed by atoms with van der Waals surface area (Å²) >= 11 is 0. The van der Waals surface area contributed by atoms with Crippen LogP contribution < -0.4 is 14.2 Å². The van der Waals surface area contributed by atoms with Crippen LogP contribution in [0.1, 0.15) is 15.9 Å². The third kappa shape index (κ3) is 4.59. The van der Waals surface area contributed by atoms with E-state index < -0.39 is 12.4 Å². The highest BCUT2D eigenvalue weighted by atomic mass is 19.3. The number of hydrogen-bond acceptors (Lipinski definition) is 4. The summed E-state index contributed by atoms with van der Waals surface area (Å²) in [5.74, 6) is -0.954. The van der Waals surface area contributed by atoms with Gasteiger partial charge in [-0.3, -0.25) is 4.79 Å². The average Bonchev–Trinajstić information content (AvgIpc) is 2.61. The van der Waals surface area contributed by atoms with Crippen LogP contribution in [0.25, 0.3) is 0 Å². The highest BCUT2D eigenvalue weighted by Gasteiger charge is 2.17. The number of carbonyl (C=O) groups excluding carboxylic acids is 1. The van der Waals surface area contributed by atoms with Crippen LogP contribution in [0.3, 0.4) is 0 Å². The third-order valence-electron chi connectivity index (χ3n) is 3.61. The molecule has 0 aliphatic carbocycles. The first-order valence-corrected chi connectivity index (χ1v) is 7.56. The first-order chi connectivity index (χ1) is 12.3. The largest absolute Gasteiger partial charge is 0.494 e. The van der Waals surface area contributed by atoms with Crippen molar-refractivity contribution in [2.75, 3.05) is 21.3 Å². The molecule has 0 saturated heterocycles. The molecule has 2 rings (SSSR count). The normalized spacial score (nSPS) is 10.6. The number of methoxy groups -OCH3 is 2. The van der Waals surface area contributed by atoms with Crippen molar-refractivity contribution in [1.29, 1.82) is 0 Å². The minimum Gasteiger partial charge on any atom is -0.494 e. The van der Waals surface area contributed by atoms with Gasteiger partial charge in [-0.05, 0) is 35.9 Å². The summed E-state index contributed by atoms with van der Waals surface area (Å²) in [4.78, 5) is 13.9. The predicted molar refractivity (Wildman–Crippen MR) is 88.4 cm³/mol. The number of hydrogen-bond donors (Lipinski definition) is 0. The van der Waals surface area contributed by atoms with Gasteiger partial charge in [0.2, 0.25) is 0 Å². The number of benzene rings is 2. The molecular formula is C18H18F3NO4. The molecule has 0 atom stereocenters. The Bertz CT molecular complexity index is 783. The Labute approximate surface area is 148 Å². The van der Waals surface area contributed by atoms with Gasteiger partial charge in [-0.1, -0.05) is 6.07 Å². The SMILES string of the molecule is COc1ccc(CN(C)C(=O)c2ccc(OC(F)F)c(OC)c2)cc1F. The van der Waals surface area contributed by atoms with Crippen LogP contribution in [0.4, 0.5) is 13.2 Å². The second kappa shape index (κ2) is 8.46. The van der Waals surface area contributed by atoms with Crippen molar-refractivity contribution in [3.05, 3.63) is 53.3 Å². The standard InChI is InChI=1S/C18H18F3NO4/c1-22(10-11-4-6-14(24-2)13(19)8-11)17(23)12-5-7-15(26-18(20)21)16(9-12)25-3/h4-9,18H,10H2,1-3H3. The van der Waals surface area contributed by atoms with Crippen molar-refractivity contribution in [3.8, 4) is 17.2 Å². The van der Waals surface area contributed by atoms with Crippen molar-refractivity contribution < 1.29 is 32.2 Å². The lowest BCUT2D eigenvalue weighted by atomic mass is 10.1. The number of ether oxygens (including phenoxy) is 3. The van der Waals surface area contributed by atoms with Gasteiger partial charge in [-0.15, -0.1) is 0 Å². The fourth-order valence-corrected chi connectivity index (χ4v) is 2.37. The molecule has 2 aromatic carbocycles. The molecule has 0 aromatic heterocycles. The lowest BCUT2D eigenvalue weighted by Crippen LogP contribution is -2.26. The van der Waals surface area contributed by atoms with E-state index in [2.05, 4.69) is 4.74 Å². The number of carbonyl (C=O) groups is 1. The van der Waals surface area contributed by atoms with E-state index in [4.69, 9.17) is 9.47 Å². The van der Waals surface area contributed by atoms with E-state index in [1.165, 1.54) is 49.5 Å². The molecular weight excluding hydrogens is 351 g/mol. The Balaban J connectivity index is 2.15. The van der Waals surface area contributed by atoms with Crippen LogP contribution in [-0.4, -0.2) is 38.7 Å².